The molecule has 1 N–H and O–H groups in total. The molecule has 0 aliphatic rings. The van der Waals surface area contributed by atoms with E-state index in [-0.39, 0.29) is 6.10 Å². The molecule has 0 bridgehead atoms. The van der Waals surface area contributed by atoms with E-state index in [4.69, 9.17) is 54.9 Å². The summed E-state index contributed by atoms with van der Waals surface area (Å²) in [7, 11) is 0. The van der Waals surface area contributed by atoms with E-state index in [0.29, 0.717) is 16.7 Å². The van der Waals surface area contributed by atoms with Crippen LogP contribution in [0.15, 0.2) is 66.1 Å². The molecule has 3 aromatic rings. The number of thioether (sulfide) groups is 1. The number of benzene rings is 2. The summed E-state index contributed by atoms with van der Waals surface area (Å²) in [6.45, 7) is 1.25. The molecule has 0 aliphatic carbocycles. The van der Waals surface area contributed by atoms with Gasteiger partial charge in [0.1, 0.15) is 0 Å². The number of hydrogen-bond donors (Lipinski definition) is 1. The molecule has 7 nitrogen and oxygen atoms in total. The fraction of sp³-hybridized carbons (Fsp3) is 0.211. The number of halogens is 3. The van der Waals surface area contributed by atoms with Gasteiger partial charge in [0.15, 0.2) is 0 Å². The van der Waals surface area contributed by atoms with Crippen LogP contribution in [0, 0.1) is 10.1 Å². The highest BCUT2D eigenvalue weighted by molar-refractivity contribution is 7.99. The molecule has 1 heterocycles. The average Bonchev–Trinajstić information content (AvgIpc) is 3.20. The topological polar surface area (TPSA) is 90.4 Å². The van der Waals surface area contributed by atoms with Gasteiger partial charge in [-0.25, -0.2) is 4.98 Å². The van der Waals surface area contributed by atoms with Gasteiger partial charge in [0, 0.05) is 28.1 Å². The quantitative estimate of drug-likeness (QED) is 0.241. The van der Waals surface area contributed by atoms with Crippen molar-refractivity contribution in [1.82, 2.24) is 9.55 Å². The number of rotatable bonds is 8. The van der Waals surface area contributed by atoms with Gasteiger partial charge < -0.3 is 14.5 Å². The summed E-state index contributed by atoms with van der Waals surface area (Å²) >= 11 is 19.7. The van der Waals surface area contributed by atoms with Gasteiger partial charge in [0.25, 0.3) is 5.09 Å². The molecular formula is C19H18Cl3N3O4S. The summed E-state index contributed by atoms with van der Waals surface area (Å²) in [5, 5.41) is 15.5. The van der Waals surface area contributed by atoms with Gasteiger partial charge in [0.2, 0.25) is 0 Å². The van der Waals surface area contributed by atoms with E-state index in [1.165, 1.54) is 0 Å². The van der Waals surface area contributed by atoms with Crippen molar-refractivity contribution in [2.24, 2.45) is 0 Å². The van der Waals surface area contributed by atoms with Crippen LogP contribution in [-0.2, 0) is 17.9 Å². The van der Waals surface area contributed by atoms with Crippen LogP contribution in [0.5, 0.6) is 0 Å². The Bertz CT molecular complexity index is 923. The van der Waals surface area contributed by atoms with Crippen LogP contribution in [0.1, 0.15) is 5.56 Å². The standard InChI is InChI=1S/C19H17Cl3N2OS.HNO3/c20-15-3-1-14(2-4-15)11-25-16(10-24-8-7-23-13-24)12-26-17-5-6-18(21)19(22)9-17;2-1(3)4/h1-9,13,16H,10-12H2;(H,2,3,4). The van der Waals surface area contributed by atoms with E-state index in [2.05, 4.69) is 4.98 Å². The zero-order chi connectivity index (χ0) is 21.9. The summed E-state index contributed by atoms with van der Waals surface area (Å²) in [4.78, 5) is 13.5. The van der Waals surface area contributed by atoms with Gasteiger partial charge in [-0.3, -0.25) is 0 Å². The zero-order valence-electron chi connectivity index (χ0n) is 15.5. The lowest BCUT2D eigenvalue weighted by atomic mass is 10.2. The predicted molar refractivity (Wildman–Crippen MR) is 118 cm³/mol. The molecule has 160 valence electrons. The van der Waals surface area contributed by atoms with Crippen LogP contribution in [0.25, 0.3) is 0 Å². The maximum Gasteiger partial charge on any atom is 0.291 e. The Labute approximate surface area is 192 Å². The fourth-order valence-corrected chi connectivity index (χ4v) is 3.77. The summed E-state index contributed by atoms with van der Waals surface area (Å²) < 4.78 is 8.16. The summed E-state index contributed by atoms with van der Waals surface area (Å²) in [6.07, 6.45) is 5.51. The first-order valence-corrected chi connectivity index (χ1v) is 10.7. The molecule has 0 amide bonds. The minimum absolute atomic E-state index is 0.0133. The average molecular weight is 491 g/mol. The Morgan fingerprint density at radius 3 is 2.47 bits per heavy atom. The van der Waals surface area contributed by atoms with Gasteiger partial charge in [0.05, 0.1) is 35.6 Å². The van der Waals surface area contributed by atoms with Crippen molar-refractivity contribution in [2.75, 3.05) is 5.75 Å². The highest BCUT2D eigenvalue weighted by atomic mass is 35.5. The second kappa shape index (κ2) is 12.7. The van der Waals surface area contributed by atoms with E-state index in [1.54, 1.807) is 24.3 Å². The molecule has 11 heteroatoms. The normalized spacial score (nSPS) is 11.4. The number of aromatic nitrogens is 2. The van der Waals surface area contributed by atoms with Gasteiger partial charge in [-0.2, -0.15) is 0 Å². The van der Waals surface area contributed by atoms with Crippen molar-refractivity contribution in [3.63, 3.8) is 0 Å². The summed E-state index contributed by atoms with van der Waals surface area (Å²) in [5.74, 6) is 0.781. The molecule has 0 aliphatic heterocycles. The zero-order valence-corrected chi connectivity index (χ0v) is 18.6. The van der Waals surface area contributed by atoms with Crippen LogP contribution in [0.4, 0.5) is 0 Å². The largest absolute Gasteiger partial charge is 0.371 e. The van der Waals surface area contributed by atoms with E-state index >= 15 is 0 Å². The lowest BCUT2D eigenvalue weighted by Gasteiger charge is -2.18. The monoisotopic (exact) mass is 489 g/mol. The lowest BCUT2D eigenvalue weighted by molar-refractivity contribution is -0.742. The molecule has 2 aromatic carbocycles. The molecule has 1 atom stereocenters. The van der Waals surface area contributed by atoms with Crippen molar-refractivity contribution in [1.29, 1.82) is 0 Å². The highest BCUT2D eigenvalue weighted by Gasteiger charge is 2.12. The fourth-order valence-electron chi connectivity index (χ4n) is 2.33. The van der Waals surface area contributed by atoms with Crippen molar-refractivity contribution in [3.8, 4) is 0 Å². The van der Waals surface area contributed by atoms with Crippen LogP contribution in [-0.4, -0.2) is 31.7 Å². The maximum atomic E-state index is 8.36. The van der Waals surface area contributed by atoms with Crippen LogP contribution < -0.4 is 0 Å². The molecular weight excluding hydrogens is 473 g/mol. The van der Waals surface area contributed by atoms with Gasteiger partial charge in [-0.1, -0.05) is 46.9 Å². The maximum absolute atomic E-state index is 8.36. The Hall–Kier alpha value is -1.97. The Balaban J connectivity index is 0.000000735. The van der Waals surface area contributed by atoms with Crippen molar-refractivity contribution < 1.29 is 15.0 Å². The van der Waals surface area contributed by atoms with Crippen molar-refractivity contribution in [3.05, 3.63) is 91.9 Å². The minimum atomic E-state index is -1.50. The van der Waals surface area contributed by atoms with E-state index in [1.807, 2.05) is 53.2 Å². The molecule has 1 aromatic heterocycles. The van der Waals surface area contributed by atoms with Crippen molar-refractivity contribution in [2.45, 2.75) is 24.2 Å². The molecule has 0 fully saturated rings. The van der Waals surface area contributed by atoms with E-state index < -0.39 is 5.09 Å². The molecule has 0 saturated carbocycles. The Morgan fingerprint density at radius 2 is 1.87 bits per heavy atom. The first-order chi connectivity index (χ1) is 14.3. The Kier molecular flexibility index (Phi) is 10.3. The van der Waals surface area contributed by atoms with Crippen molar-refractivity contribution >= 4 is 46.6 Å². The summed E-state index contributed by atoms with van der Waals surface area (Å²) in [5.41, 5.74) is 1.09. The SMILES string of the molecule is Clc1ccc(COC(CSc2ccc(Cl)c(Cl)c2)Cn2ccnc2)cc1.O=[N+]([O-])O. The second-order valence-electron chi connectivity index (χ2n) is 5.94. The van der Waals surface area contributed by atoms with Crippen LogP contribution in [0.3, 0.4) is 0 Å². The van der Waals surface area contributed by atoms with Crippen LogP contribution >= 0.6 is 46.6 Å². The van der Waals surface area contributed by atoms with Gasteiger partial charge >= 0.3 is 0 Å². The number of hydrogen-bond acceptors (Lipinski definition) is 5. The summed E-state index contributed by atoms with van der Waals surface area (Å²) in [6, 6.07) is 13.3. The molecule has 0 radical (unpaired) electrons. The third-order valence-corrected chi connectivity index (χ3v) is 5.82. The third-order valence-electron chi connectivity index (χ3n) is 3.70. The number of nitrogens with zero attached hydrogens (tertiary/aromatic N) is 3. The predicted octanol–water partition coefficient (Wildman–Crippen LogP) is 5.87. The molecule has 0 spiro atoms. The third kappa shape index (κ3) is 9.23. The molecule has 30 heavy (non-hydrogen) atoms. The first-order valence-electron chi connectivity index (χ1n) is 8.56. The molecule has 0 saturated heterocycles. The van der Waals surface area contributed by atoms with Gasteiger partial charge in [-0.15, -0.1) is 21.9 Å². The first kappa shape index (κ1) is 24.3. The van der Waals surface area contributed by atoms with Gasteiger partial charge in [-0.05, 0) is 35.9 Å². The van der Waals surface area contributed by atoms with E-state index in [0.717, 1.165) is 27.8 Å². The van der Waals surface area contributed by atoms with E-state index in [9.17, 15) is 0 Å². The highest BCUT2D eigenvalue weighted by Crippen LogP contribution is 2.29. The minimum Gasteiger partial charge on any atom is -0.371 e. The Morgan fingerprint density at radius 1 is 1.17 bits per heavy atom. The number of imidazole rings is 1. The number of ether oxygens (including phenoxy) is 1. The van der Waals surface area contributed by atoms with Crippen LogP contribution in [0.2, 0.25) is 15.1 Å². The molecule has 3 rings (SSSR count). The molecule has 1 unspecified atom stereocenters. The lowest BCUT2D eigenvalue weighted by Crippen LogP contribution is -2.22. The smallest absolute Gasteiger partial charge is 0.291 e. The second-order valence-corrected chi connectivity index (χ2v) is 8.29.